The largest absolute Gasteiger partial charge is 0.507 e. The maximum atomic E-state index is 12.8. The molecule has 0 fully saturated rings. The monoisotopic (exact) mass is 437 g/mol. The zero-order valence-corrected chi connectivity index (χ0v) is 17.4. The van der Waals surface area contributed by atoms with Gasteiger partial charge in [-0.05, 0) is 47.4 Å². The third-order valence-electron chi connectivity index (χ3n) is 5.09. The van der Waals surface area contributed by atoms with E-state index in [9.17, 15) is 14.7 Å². The molecule has 4 rings (SSSR count). The van der Waals surface area contributed by atoms with E-state index in [4.69, 9.17) is 9.68 Å². The minimum Gasteiger partial charge on any atom is -0.507 e. The number of furan rings is 1. The van der Waals surface area contributed by atoms with E-state index in [-0.39, 0.29) is 22.6 Å². The zero-order chi connectivity index (χ0) is 23.2. The number of nitrogens with zero attached hydrogens (tertiary/aromatic N) is 1. The van der Waals surface area contributed by atoms with Gasteiger partial charge in [0.2, 0.25) is 5.76 Å². The molecule has 33 heavy (non-hydrogen) atoms. The van der Waals surface area contributed by atoms with Crippen LogP contribution in [-0.4, -0.2) is 16.9 Å². The first-order valence-corrected chi connectivity index (χ1v) is 10.1. The molecule has 0 saturated carbocycles. The first-order chi connectivity index (χ1) is 16.1. The summed E-state index contributed by atoms with van der Waals surface area (Å²) in [5.74, 6) is -1.44. The third-order valence-corrected chi connectivity index (χ3v) is 5.09. The van der Waals surface area contributed by atoms with E-state index in [2.05, 4.69) is 10.9 Å². The number of phenolic OH excluding ortho intramolecular Hbond substituents is 1. The molecule has 0 unspecified atom stereocenters. The lowest BCUT2D eigenvalue weighted by molar-refractivity contribution is 0.0831. The lowest BCUT2D eigenvalue weighted by atomic mass is 9.95. The molecule has 162 valence electrons. The zero-order valence-electron chi connectivity index (χ0n) is 17.4. The Balaban J connectivity index is 1.52. The van der Waals surface area contributed by atoms with Crippen LogP contribution in [0.2, 0.25) is 0 Å². The average molecular weight is 437 g/mol. The number of hydrazine groups is 1. The Hall–Kier alpha value is -4.83. The summed E-state index contributed by atoms with van der Waals surface area (Å²) >= 11 is 0. The molecule has 0 aliphatic heterocycles. The number of carbonyl (C=O) groups is 2. The molecule has 0 aliphatic carbocycles. The predicted octanol–water partition coefficient (Wildman–Crippen LogP) is 4.19. The highest BCUT2D eigenvalue weighted by Gasteiger charge is 2.20. The number of nitrogens with one attached hydrogen (secondary N) is 2. The van der Waals surface area contributed by atoms with Crippen molar-refractivity contribution in [1.29, 1.82) is 5.26 Å². The smallest absolute Gasteiger partial charge is 0.306 e. The molecule has 1 heterocycles. The van der Waals surface area contributed by atoms with Gasteiger partial charge in [0.25, 0.3) is 5.91 Å². The van der Waals surface area contributed by atoms with E-state index in [0.717, 1.165) is 16.7 Å². The summed E-state index contributed by atoms with van der Waals surface area (Å²) in [5.41, 5.74) is 8.32. The molecular weight excluding hydrogens is 418 g/mol. The van der Waals surface area contributed by atoms with Gasteiger partial charge in [0.1, 0.15) is 11.8 Å². The van der Waals surface area contributed by atoms with Crippen LogP contribution in [0, 0.1) is 11.3 Å². The van der Waals surface area contributed by atoms with Gasteiger partial charge in [0.15, 0.2) is 0 Å². The van der Waals surface area contributed by atoms with Crippen molar-refractivity contribution in [1.82, 2.24) is 10.9 Å². The first-order valence-electron chi connectivity index (χ1n) is 10.1. The molecule has 0 aliphatic rings. The Labute approximate surface area is 189 Å². The molecule has 2 amide bonds. The quantitative estimate of drug-likeness (QED) is 0.405. The summed E-state index contributed by atoms with van der Waals surface area (Å²) in [5, 5.41) is 18.6. The molecule has 7 heteroatoms. The number of carbonyl (C=O) groups excluding carboxylic acids is 2. The van der Waals surface area contributed by atoms with Gasteiger partial charge in [-0.15, -0.1) is 0 Å². The molecule has 1 aromatic heterocycles. The molecule has 0 bridgehead atoms. The summed E-state index contributed by atoms with van der Waals surface area (Å²) in [4.78, 5) is 25.1. The van der Waals surface area contributed by atoms with Crippen LogP contribution in [0.25, 0.3) is 11.1 Å². The molecule has 3 N–H and O–H groups in total. The van der Waals surface area contributed by atoms with Crippen molar-refractivity contribution in [3.8, 4) is 22.9 Å². The van der Waals surface area contributed by atoms with E-state index in [1.807, 2.05) is 54.6 Å². The van der Waals surface area contributed by atoms with Crippen LogP contribution in [0.15, 0.2) is 89.5 Å². The Bertz CT molecular complexity index is 1350. The maximum absolute atomic E-state index is 12.8. The lowest BCUT2D eigenvalue weighted by Gasteiger charge is -2.11. The van der Waals surface area contributed by atoms with Gasteiger partial charge in [-0.2, -0.15) is 5.26 Å². The van der Waals surface area contributed by atoms with Crippen LogP contribution in [0.3, 0.4) is 0 Å². The molecule has 0 saturated heterocycles. The molecule has 4 aromatic rings. The second kappa shape index (κ2) is 9.54. The minimum absolute atomic E-state index is 0.0441. The molecule has 7 nitrogen and oxygen atoms in total. The van der Waals surface area contributed by atoms with E-state index in [0.29, 0.717) is 12.0 Å². The van der Waals surface area contributed by atoms with Crippen molar-refractivity contribution in [2.75, 3.05) is 0 Å². The summed E-state index contributed by atoms with van der Waals surface area (Å²) in [6.45, 7) is 0. The van der Waals surface area contributed by atoms with E-state index >= 15 is 0 Å². The summed E-state index contributed by atoms with van der Waals surface area (Å²) in [6, 6.07) is 25.0. The highest BCUT2D eigenvalue weighted by molar-refractivity contribution is 6.01. The Morgan fingerprint density at radius 2 is 1.61 bits per heavy atom. The van der Waals surface area contributed by atoms with Gasteiger partial charge in [0, 0.05) is 11.1 Å². The van der Waals surface area contributed by atoms with Crippen LogP contribution in [-0.2, 0) is 6.42 Å². The number of amides is 2. The maximum Gasteiger partial charge on any atom is 0.306 e. The number of hydrogen-bond acceptors (Lipinski definition) is 5. The van der Waals surface area contributed by atoms with Crippen LogP contribution in [0.5, 0.6) is 5.75 Å². The fourth-order valence-corrected chi connectivity index (χ4v) is 3.46. The number of phenols is 1. The van der Waals surface area contributed by atoms with Gasteiger partial charge < -0.3 is 9.52 Å². The summed E-state index contributed by atoms with van der Waals surface area (Å²) in [7, 11) is 0. The molecule has 0 atom stereocenters. The van der Waals surface area contributed by atoms with Gasteiger partial charge in [0.05, 0.1) is 11.8 Å². The van der Waals surface area contributed by atoms with Crippen LogP contribution in [0.4, 0.5) is 0 Å². The Morgan fingerprint density at radius 1 is 0.879 bits per heavy atom. The number of nitriles is 1. The highest BCUT2D eigenvalue weighted by atomic mass is 16.3. The van der Waals surface area contributed by atoms with Gasteiger partial charge >= 0.3 is 5.91 Å². The number of aromatic hydroxyl groups is 1. The third kappa shape index (κ3) is 4.75. The van der Waals surface area contributed by atoms with Crippen LogP contribution >= 0.6 is 0 Å². The fourth-order valence-electron chi connectivity index (χ4n) is 3.46. The van der Waals surface area contributed by atoms with Gasteiger partial charge in [-0.1, -0.05) is 54.6 Å². The topological polar surface area (TPSA) is 115 Å². The lowest BCUT2D eigenvalue weighted by Crippen LogP contribution is -2.41. The minimum atomic E-state index is -0.641. The SMILES string of the molecule is N#Cc1cc(C(=O)NNC(=O)c2occc2-c2ccccc2Cc2ccccc2)ccc1O. The predicted molar refractivity (Wildman–Crippen MR) is 121 cm³/mol. The van der Waals surface area contributed by atoms with E-state index in [1.54, 1.807) is 12.1 Å². The number of benzene rings is 3. The standard InChI is InChI=1S/C26H19N3O4/c27-16-20-15-19(10-11-23(20)30)25(31)28-29-26(32)24-22(12-13-33-24)21-9-5-4-8-18(21)14-17-6-2-1-3-7-17/h1-13,15,30H,14H2,(H,28,31)(H,29,32). The van der Waals surface area contributed by atoms with Crippen LogP contribution in [0.1, 0.15) is 37.6 Å². The van der Waals surface area contributed by atoms with Gasteiger partial charge in [-0.3, -0.25) is 20.4 Å². The van der Waals surface area contributed by atoms with Crippen molar-refractivity contribution in [2.45, 2.75) is 6.42 Å². The van der Waals surface area contributed by atoms with Crippen molar-refractivity contribution in [3.63, 3.8) is 0 Å². The number of rotatable bonds is 5. The second-order valence-electron chi connectivity index (χ2n) is 7.23. The first kappa shape index (κ1) is 21.4. The fraction of sp³-hybridized carbons (Fsp3) is 0.0385. The summed E-state index contributed by atoms with van der Waals surface area (Å²) < 4.78 is 5.44. The van der Waals surface area contributed by atoms with Crippen molar-refractivity contribution in [2.24, 2.45) is 0 Å². The molecular formula is C26H19N3O4. The van der Waals surface area contributed by atoms with Crippen LogP contribution < -0.4 is 10.9 Å². The second-order valence-corrected chi connectivity index (χ2v) is 7.23. The van der Waals surface area contributed by atoms with Gasteiger partial charge in [-0.25, -0.2) is 0 Å². The highest BCUT2D eigenvalue weighted by Crippen LogP contribution is 2.29. The molecule has 3 aromatic carbocycles. The van der Waals surface area contributed by atoms with E-state index in [1.165, 1.54) is 24.5 Å². The summed E-state index contributed by atoms with van der Waals surface area (Å²) in [6.07, 6.45) is 2.10. The normalized spacial score (nSPS) is 10.3. The van der Waals surface area contributed by atoms with Crippen molar-refractivity contribution < 1.29 is 19.1 Å². The molecule has 0 spiro atoms. The average Bonchev–Trinajstić information content (AvgIpc) is 3.33. The Kier molecular flexibility index (Phi) is 6.19. The van der Waals surface area contributed by atoms with Crippen molar-refractivity contribution >= 4 is 11.8 Å². The molecule has 0 radical (unpaired) electrons. The number of hydrogen-bond donors (Lipinski definition) is 3. The Morgan fingerprint density at radius 3 is 2.39 bits per heavy atom. The van der Waals surface area contributed by atoms with E-state index < -0.39 is 11.8 Å². The van der Waals surface area contributed by atoms with Crippen molar-refractivity contribution in [3.05, 3.63) is 113 Å².